The van der Waals surface area contributed by atoms with E-state index in [0.29, 0.717) is 6.61 Å². The highest BCUT2D eigenvalue weighted by molar-refractivity contribution is 5.93. The summed E-state index contributed by atoms with van der Waals surface area (Å²) in [6, 6.07) is 25.2. The van der Waals surface area contributed by atoms with Gasteiger partial charge in [-0.1, -0.05) is 54.6 Å². The van der Waals surface area contributed by atoms with Gasteiger partial charge in [0.1, 0.15) is 12.4 Å². The van der Waals surface area contributed by atoms with E-state index in [1.165, 1.54) is 22.1 Å². The van der Waals surface area contributed by atoms with Crippen molar-refractivity contribution >= 4 is 10.8 Å². The Kier molecular flexibility index (Phi) is 4.40. The van der Waals surface area contributed by atoms with Gasteiger partial charge in [0.15, 0.2) is 0 Å². The van der Waals surface area contributed by atoms with Gasteiger partial charge in [0.25, 0.3) is 0 Å². The van der Waals surface area contributed by atoms with E-state index in [0.717, 1.165) is 22.4 Å². The normalized spacial score (nSPS) is 10.8. The number of aromatic nitrogens is 1. The fourth-order valence-corrected chi connectivity index (χ4v) is 3.26. The van der Waals surface area contributed by atoms with Crippen LogP contribution in [-0.2, 0) is 6.61 Å². The van der Waals surface area contributed by atoms with Crippen molar-refractivity contribution in [3.63, 3.8) is 0 Å². The van der Waals surface area contributed by atoms with E-state index in [1.807, 2.05) is 12.3 Å². The summed E-state index contributed by atoms with van der Waals surface area (Å²) in [7, 11) is 0. The van der Waals surface area contributed by atoms with Crippen molar-refractivity contribution in [1.82, 2.24) is 4.98 Å². The maximum Gasteiger partial charge on any atom is 0.130 e. The second kappa shape index (κ2) is 7.01. The maximum atomic E-state index is 6.23. The standard InChI is InChI=1S/C24H21NO/c1-17-8-3-5-11-21(17)20-14-19-10-4-6-12-22(19)24(15-20)26-16-23-18(2)9-7-13-25-23/h3-15H,16H2,1-2H3. The molecule has 1 heterocycles. The Morgan fingerprint density at radius 1 is 0.808 bits per heavy atom. The summed E-state index contributed by atoms with van der Waals surface area (Å²) in [5, 5.41) is 2.31. The van der Waals surface area contributed by atoms with Crippen LogP contribution in [-0.4, -0.2) is 4.98 Å². The average Bonchev–Trinajstić information content (AvgIpc) is 2.67. The van der Waals surface area contributed by atoms with Crippen LogP contribution in [0.1, 0.15) is 16.8 Å². The first-order chi connectivity index (χ1) is 12.7. The lowest BCUT2D eigenvalue weighted by Gasteiger charge is -2.14. The summed E-state index contributed by atoms with van der Waals surface area (Å²) in [4.78, 5) is 4.44. The third kappa shape index (κ3) is 3.18. The molecule has 1 aromatic heterocycles. The highest BCUT2D eigenvalue weighted by Gasteiger charge is 2.09. The Labute approximate surface area is 154 Å². The van der Waals surface area contributed by atoms with Crippen molar-refractivity contribution in [2.45, 2.75) is 20.5 Å². The van der Waals surface area contributed by atoms with Crippen molar-refractivity contribution in [2.24, 2.45) is 0 Å². The van der Waals surface area contributed by atoms with Crippen LogP contribution in [0, 0.1) is 13.8 Å². The molecule has 0 N–H and O–H groups in total. The van der Waals surface area contributed by atoms with E-state index in [4.69, 9.17) is 4.74 Å². The van der Waals surface area contributed by atoms with Gasteiger partial charge in [-0.05, 0) is 59.7 Å². The number of hydrogen-bond acceptors (Lipinski definition) is 2. The van der Waals surface area contributed by atoms with E-state index in [9.17, 15) is 0 Å². The zero-order valence-corrected chi connectivity index (χ0v) is 15.1. The van der Waals surface area contributed by atoms with Crippen LogP contribution in [0.15, 0.2) is 79.0 Å². The molecule has 0 aliphatic carbocycles. The summed E-state index contributed by atoms with van der Waals surface area (Å²) in [6.45, 7) is 4.67. The average molecular weight is 339 g/mol. The van der Waals surface area contributed by atoms with Gasteiger partial charge < -0.3 is 4.74 Å². The number of rotatable bonds is 4. The lowest BCUT2D eigenvalue weighted by molar-refractivity contribution is 0.304. The molecule has 0 radical (unpaired) electrons. The smallest absolute Gasteiger partial charge is 0.130 e. The summed E-state index contributed by atoms with van der Waals surface area (Å²) in [5.41, 5.74) is 5.78. The van der Waals surface area contributed by atoms with Crippen molar-refractivity contribution in [1.29, 1.82) is 0 Å². The van der Waals surface area contributed by atoms with Gasteiger partial charge in [0, 0.05) is 11.6 Å². The zero-order valence-electron chi connectivity index (χ0n) is 15.1. The first-order valence-electron chi connectivity index (χ1n) is 8.84. The largest absolute Gasteiger partial charge is 0.487 e. The third-order valence-corrected chi connectivity index (χ3v) is 4.76. The number of hydrogen-bond donors (Lipinski definition) is 0. The molecule has 0 fully saturated rings. The van der Waals surface area contributed by atoms with E-state index >= 15 is 0 Å². The van der Waals surface area contributed by atoms with Crippen molar-refractivity contribution in [2.75, 3.05) is 0 Å². The van der Waals surface area contributed by atoms with E-state index in [2.05, 4.69) is 85.6 Å². The van der Waals surface area contributed by atoms with Gasteiger partial charge in [-0.15, -0.1) is 0 Å². The Bertz CT molecular complexity index is 1070. The van der Waals surface area contributed by atoms with Gasteiger partial charge in [-0.3, -0.25) is 4.98 Å². The lowest BCUT2D eigenvalue weighted by Crippen LogP contribution is -2.01. The minimum absolute atomic E-state index is 0.466. The zero-order chi connectivity index (χ0) is 17.9. The molecule has 26 heavy (non-hydrogen) atoms. The first kappa shape index (κ1) is 16.3. The molecule has 0 bridgehead atoms. The lowest BCUT2D eigenvalue weighted by atomic mass is 9.97. The second-order valence-electron chi connectivity index (χ2n) is 6.57. The van der Waals surface area contributed by atoms with Gasteiger partial charge in [0.2, 0.25) is 0 Å². The van der Waals surface area contributed by atoms with Crippen LogP contribution in [0.5, 0.6) is 5.75 Å². The van der Waals surface area contributed by atoms with E-state index in [1.54, 1.807) is 0 Å². The predicted octanol–water partition coefficient (Wildman–Crippen LogP) is 6.10. The third-order valence-electron chi connectivity index (χ3n) is 4.76. The highest BCUT2D eigenvalue weighted by atomic mass is 16.5. The van der Waals surface area contributed by atoms with Gasteiger partial charge >= 0.3 is 0 Å². The molecule has 0 unspecified atom stereocenters. The van der Waals surface area contributed by atoms with Crippen molar-refractivity contribution < 1.29 is 4.74 Å². The molecular formula is C24H21NO. The number of aryl methyl sites for hydroxylation is 2. The Morgan fingerprint density at radius 2 is 1.58 bits per heavy atom. The highest BCUT2D eigenvalue weighted by Crippen LogP contribution is 2.34. The Morgan fingerprint density at radius 3 is 2.42 bits per heavy atom. The van der Waals surface area contributed by atoms with Crippen molar-refractivity contribution in [3.8, 4) is 16.9 Å². The second-order valence-corrected chi connectivity index (χ2v) is 6.57. The van der Waals surface area contributed by atoms with Gasteiger partial charge in [-0.25, -0.2) is 0 Å². The molecule has 0 aliphatic rings. The molecule has 128 valence electrons. The Hall–Kier alpha value is -3.13. The molecule has 0 spiro atoms. The van der Waals surface area contributed by atoms with Crippen LogP contribution >= 0.6 is 0 Å². The number of fused-ring (bicyclic) bond motifs is 1. The van der Waals surface area contributed by atoms with Crippen LogP contribution < -0.4 is 4.74 Å². The monoisotopic (exact) mass is 339 g/mol. The minimum atomic E-state index is 0.466. The minimum Gasteiger partial charge on any atom is -0.487 e. The summed E-state index contributed by atoms with van der Waals surface area (Å²) >= 11 is 0. The SMILES string of the molecule is Cc1ccccc1-c1cc(OCc2ncccc2C)c2ccccc2c1. The molecule has 0 amide bonds. The molecule has 4 aromatic rings. The Balaban J connectivity index is 1.78. The van der Waals surface area contributed by atoms with Crippen LogP contribution in [0.25, 0.3) is 21.9 Å². The van der Waals surface area contributed by atoms with Crippen molar-refractivity contribution in [3.05, 3.63) is 95.8 Å². The van der Waals surface area contributed by atoms with E-state index in [-0.39, 0.29) is 0 Å². The number of nitrogens with zero attached hydrogens (tertiary/aromatic N) is 1. The summed E-state index contributed by atoms with van der Waals surface area (Å²) in [6.07, 6.45) is 1.81. The van der Waals surface area contributed by atoms with Crippen LogP contribution in [0.4, 0.5) is 0 Å². The summed E-state index contributed by atoms with van der Waals surface area (Å²) in [5.74, 6) is 0.895. The quantitative estimate of drug-likeness (QED) is 0.448. The molecule has 2 heteroatoms. The predicted molar refractivity (Wildman–Crippen MR) is 107 cm³/mol. The fraction of sp³-hybridized carbons (Fsp3) is 0.125. The van der Waals surface area contributed by atoms with Crippen LogP contribution in [0.3, 0.4) is 0 Å². The first-order valence-corrected chi connectivity index (χ1v) is 8.84. The molecule has 0 saturated heterocycles. The topological polar surface area (TPSA) is 22.1 Å². The number of benzene rings is 3. The number of pyridine rings is 1. The molecule has 2 nitrogen and oxygen atoms in total. The van der Waals surface area contributed by atoms with Crippen LogP contribution in [0.2, 0.25) is 0 Å². The number of ether oxygens (including phenoxy) is 1. The fourth-order valence-electron chi connectivity index (χ4n) is 3.26. The molecule has 3 aromatic carbocycles. The molecule has 4 rings (SSSR count). The molecular weight excluding hydrogens is 318 g/mol. The molecule has 0 atom stereocenters. The maximum absolute atomic E-state index is 6.23. The van der Waals surface area contributed by atoms with Gasteiger partial charge in [-0.2, -0.15) is 0 Å². The van der Waals surface area contributed by atoms with E-state index < -0.39 is 0 Å². The molecule has 0 aliphatic heterocycles. The van der Waals surface area contributed by atoms with Gasteiger partial charge in [0.05, 0.1) is 5.69 Å². The molecule has 0 saturated carbocycles. The summed E-state index contributed by atoms with van der Waals surface area (Å²) < 4.78 is 6.23.